The number of halogens is 2. The minimum atomic E-state index is -0.937. The molecular weight excluding hydrogens is 406 g/mol. The van der Waals surface area contributed by atoms with E-state index in [0.717, 1.165) is 34.4 Å². The van der Waals surface area contributed by atoms with E-state index in [2.05, 4.69) is 5.32 Å². The maximum absolute atomic E-state index is 13.6. The Kier molecular flexibility index (Phi) is 5.82. The van der Waals surface area contributed by atoms with Crippen molar-refractivity contribution >= 4 is 17.0 Å². The number of rotatable bonds is 4. The van der Waals surface area contributed by atoms with Crippen molar-refractivity contribution in [2.24, 2.45) is 0 Å². The lowest BCUT2D eigenvalue weighted by atomic mass is 10.1. The van der Waals surface area contributed by atoms with E-state index >= 15 is 0 Å². The lowest BCUT2D eigenvalue weighted by Gasteiger charge is -2.33. The number of nitrogens with one attached hydrogen (secondary N) is 1. The van der Waals surface area contributed by atoms with Crippen LogP contribution in [0.5, 0.6) is 5.75 Å². The van der Waals surface area contributed by atoms with E-state index in [1.54, 1.807) is 12.0 Å². The fourth-order valence-corrected chi connectivity index (χ4v) is 3.85. The second-order valence-electron chi connectivity index (χ2n) is 7.60. The van der Waals surface area contributed by atoms with Gasteiger partial charge in [0.1, 0.15) is 23.2 Å². The van der Waals surface area contributed by atoms with Crippen LogP contribution in [0.2, 0.25) is 0 Å². The molecule has 2 atom stereocenters. The van der Waals surface area contributed by atoms with Crippen LogP contribution in [0.1, 0.15) is 36.0 Å². The maximum atomic E-state index is 13.6. The van der Waals surface area contributed by atoms with Gasteiger partial charge in [-0.2, -0.15) is 0 Å². The van der Waals surface area contributed by atoms with E-state index in [9.17, 15) is 13.6 Å². The van der Waals surface area contributed by atoms with Gasteiger partial charge in [0.2, 0.25) is 0 Å². The molecule has 2 amide bonds. The van der Waals surface area contributed by atoms with E-state index in [0.29, 0.717) is 24.5 Å². The molecule has 4 rings (SSSR count). The van der Waals surface area contributed by atoms with Crippen LogP contribution in [0, 0.1) is 18.6 Å². The molecular formula is C23H24F2N2O4. The fraction of sp³-hybridized carbons (Fsp3) is 0.348. The summed E-state index contributed by atoms with van der Waals surface area (Å²) in [7, 11) is 1.61. The zero-order chi connectivity index (χ0) is 22.1. The van der Waals surface area contributed by atoms with E-state index in [1.165, 1.54) is 6.07 Å². The number of hydrogen-bond donors (Lipinski definition) is 1. The average molecular weight is 430 g/mol. The van der Waals surface area contributed by atoms with Gasteiger partial charge in [-0.25, -0.2) is 13.6 Å². The molecule has 0 saturated carbocycles. The molecule has 2 heterocycles. The predicted octanol–water partition coefficient (Wildman–Crippen LogP) is 4.87. The van der Waals surface area contributed by atoms with Crippen LogP contribution in [0.4, 0.5) is 13.6 Å². The minimum Gasteiger partial charge on any atom is -0.497 e. The molecule has 8 heteroatoms. The van der Waals surface area contributed by atoms with Gasteiger partial charge in [0, 0.05) is 17.5 Å². The number of morpholine rings is 1. The zero-order valence-electron chi connectivity index (χ0n) is 17.6. The number of amides is 2. The van der Waals surface area contributed by atoms with Crippen LogP contribution >= 0.6 is 0 Å². The van der Waals surface area contributed by atoms with Crippen molar-refractivity contribution in [3.8, 4) is 5.75 Å². The van der Waals surface area contributed by atoms with Crippen LogP contribution in [0.25, 0.3) is 11.0 Å². The van der Waals surface area contributed by atoms with Gasteiger partial charge in [-0.3, -0.25) is 0 Å². The van der Waals surface area contributed by atoms with Crippen molar-refractivity contribution in [3.05, 3.63) is 64.9 Å². The van der Waals surface area contributed by atoms with E-state index in [1.807, 2.05) is 32.0 Å². The van der Waals surface area contributed by atoms with Gasteiger partial charge in [-0.15, -0.1) is 0 Å². The summed E-state index contributed by atoms with van der Waals surface area (Å²) in [5.41, 5.74) is 2.15. The number of furan rings is 1. The molecule has 0 spiro atoms. The topological polar surface area (TPSA) is 63.9 Å². The van der Waals surface area contributed by atoms with Crippen molar-refractivity contribution < 1.29 is 27.5 Å². The number of methoxy groups -OCH3 is 1. The molecule has 2 aromatic carbocycles. The molecule has 31 heavy (non-hydrogen) atoms. The Bertz CT molecular complexity index is 1110. The average Bonchev–Trinajstić information content (AvgIpc) is 3.11. The molecule has 0 unspecified atom stereocenters. The Morgan fingerprint density at radius 1 is 1.23 bits per heavy atom. The quantitative estimate of drug-likeness (QED) is 0.641. The first kappa shape index (κ1) is 21.1. The Labute approximate surface area is 178 Å². The SMILES string of the molecule is COc1ccc2oc([C@H](C)NC(=O)N3CCO[C@@H](c4ccc(F)c(F)c4)C3)c(C)c2c1. The Balaban J connectivity index is 1.46. The summed E-state index contributed by atoms with van der Waals surface area (Å²) >= 11 is 0. The lowest BCUT2D eigenvalue weighted by molar-refractivity contribution is -0.0159. The molecule has 1 aliphatic heterocycles. The Morgan fingerprint density at radius 2 is 2.03 bits per heavy atom. The first-order chi connectivity index (χ1) is 14.9. The van der Waals surface area contributed by atoms with E-state index in [4.69, 9.17) is 13.9 Å². The Morgan fingerprint density at radius 3 is 2.77 bits per heavy atom. The molecule has 1 fully saturated rings. The third kappa shape index (κ3) is 4.20. The molecule has 0 bridgehead atoms. The number of aryl methyl sites for hydroxylation is 1. The fourth-order valence-electron chi connectivity index (χ4n) is 3.85. The first-order valence-electron chi connectivity index (χ1n) is 10.1. The molecule has 6 nitrogen and oxygen atoms in total. The van der Waals surface area contributed by atoms with Crippen LogP contribution in [-0.4, -0.2) is 37.7 Å². The number of nitrogens with zero attached hydrogens (tertiary/aromatic N) is 1. The summed E-state index contributed by atoms with van der Waals surface area (Å²) in [5.74, 6) is -0.451. The minimum absolute atomic E-state index is 0.236. The summed E-state index contributed by atoms with van der Waals surface area (Å²) in [6, 6.07) is 8.57. The highest BCUT2D eigenvalue weighted by atomic mass is 19.2. The molecule has 0 radical (unpaired) electrons. The highest BCUT2D eigenvalue weighted by molar-refractivity contribution is 5.84. The van der Waals surface area contributed by atoms with Crippen LogP contribution in [0.15, 0.2) is 40.8 Å². The predicted molar refractivity (Wildman–Crippen MR) is 111 cm³/mol. The number of fused-ring (bicyclic) bond motifs is 1. The molecule has 1 aliphatic rings. The molecule has 1 saturated heterocycles. The first-order valence-corrected chi connectivity index (χ1v) is 10.1. The molecule has 1 N–H and O–H groups in total. The second-order valence-corrected chi connectivity index (χ2v) is 7.60. The standard InChI is InChI=1S/C23H24F2N2O4/c1-13-17-11-16(29-3)5-7-20(17)31-22(13)14(2)26-23(28)27-8-9-30-21(12-27)15-4-6-18(24)19(25)10-15/h4-7,10-11,14,21H,8-9,12H2,1-3H3,(H,26,28)/t14-,21+/m0/s1. The largest absolute Gasteiger partial charge is 0.497 e. The van der Waals surface area contributed by atoms with Gasteiger partial charge in [-0.1, -0.05) is 6.07 Å². The van der Waals surface area contributed by atoms with Crippen LogP contribution in [0.3, 0.4) is 0 Å². The van der Waals surface area contributed by atoms with Gasteiger partial charge >= 0.3 is 6.03 Å². The normalized spacial score (nSPS) is 17.6. The van der Waals surface area contributed by atoms with E-state index < -0.39 is 17.7 Å². The second kappa shape index (κ2) is 8.55. The van der Waals surface area contributed by atoms with E-state index in [-0.39, 0.29) is 18.6 Å². The van der Waals surface area contributed by atoms with Gasteiger partial charge < -0.3 is 24.1 Å². The van der Waals surface area contributed by atoms with Gasteiger partial charge in [0.05, 0.1) is 26.3 Å². The highest BCUT2D eigenvalue weighted by Gasteiger charge is 2.28. The summed E-state index contributed by atoms with van der Waals surface area (Å²) in [6.45, 7) is 4.73. The summed E-state index contributed by atoms with van der Waals surface area (Å²) in [6.07, 6.45) is -0.523. The number of hydrogen-bond acceptors (Lipinski definition) is 4. The van der Waals surface area contributed by atoms with Gasteiger partial charge in [0.25, 0.3) is 0 Å². The number of ether oxygens (including phenoxy) is 2. The van der Waals surface area contributed by atoms with Gasteiger partial charge in [0.15, 0.2) is 11.6 Å². The maximum Gasteiger partial charge on any atom is 0.318 e. The highest BCUT2D eigenvalue weighted by Crippen LogP contribution is 2.32. The van der Waals surface area contributed by atoms with Crippen molar-refractivity contribution in [1.82, 2.24) is 10.2 Å². The third-order valence-corrected chi connectivity index (χ3v) is 5.58. The summed E-state index contributed by atoms with van der Waals surface area (Å²) in [5, 5.41) is 3.89. The molecule has 3 aromatic rings. The lowest BCUT2D eigenvalue weighted by Crippen LogP contribution is -2.47. The number of carbonyl (C=O) groups excluding carboxylic acids is 1. The van der Waals surface area contributed by atoms with Crippen molar-refractivity contribution in [2.45, 2.75) is 26.0 Å². The van der Waals surface area contributed by atoms with Crippen LogP contribution < -0.4 is 10.1 Å². The van der Waals surface area contributed by atoms with Crippen LogP contribution in [-0.2, 0) is 4.74 Å². The summed E-state index contributed by atoms with van der Waals surface area (Å²) in [4.78, 5) is 14.5. The molecule has 0 aliphatic carbocycles. The smallest absolute Gasteiger partial charge is 0.318 e. The number of benzene rings is 2. The monoisotopic (exact) mass is 430 g/mol. The Hall–Kier alpha value is -3.13. The zero-order valence-corrected chi connectivity index (χ0v) is 17.6. The van der Waals surface area contributed by atoms with Crippen molar-refractivity contribution in [2.75, 3.05) is 26.8 Å². The number of urea groups is 1. The third-order valence-electron chi connectivity index (χ3n) is 5.58. The van der Waals surface area contributed by atoms with Crippen molar-refractivity contribution in [1.29, 1.82) is 0 Å². The summed E-state index contributed by atoms with van der Waals surface area (Å²) < 4.78 is 43.7. The molecule has 1 aromatic heterocycles. The molecule has 164 valence electrons. The van der Waals surface area contributed by atoms with Crippen molar-refractivity contribution in [3.63, 3.8) is 0 Å². The van der Waals surface area contributed by atoms with Gasteiger partial charge in [-0.05, 0) is 49.7 Å². The number of carbonyl (C=O) groups is 1.